The monoisotopic (exact) mass is 396 g/mol. The van der Waals surface area contributed by atoms with Gasteiger partial charge in [-0.1, -0.05) is 24.3 Å². The first-order valence-corrected chi connectivity index (χ1v) is 9.80. The molecule has 29 heavy (non-hydrogen) atoms. The molecule has 1 aromatic heterocycles. The van der Waals surface area contributed by atoms with E-state index in [1.807, 2.05) is 17.0 Å². The second kappa shape index (κ2) is 7.46. The minimum atomic E-state index is -0.518. The van der Waals surface area contributed by atoms with E-state index in [0.29, 0.717) is 19.6 Å². The average molecular weight is 396 g/mol. The summed E-state index contributed by atoms with van der Waals surface area (Å²) in [5.74, 6) is -0.393. The van der Waals surface area contributed by atoms with E-state index in [0.717, 1.165) is 17.3 Å². The number of rotatable bonds is 2. The third-order valence-corrected chi connectivity index (χ3v) is 6.04. The number of fused-ring (bicyclic) bond motifs is 1. The Bertz CT molecular complexity index is 948. The van der Waals surface area contributed by atoms with Gasteiger partial charge in [0.1, 0.15) is 5.82 Å². The minimum Gasteiger partial charge on any atom is -0.338 e. The molecule has 6 nitrogen and oxygen atoms in total. The molecule has 3 atom stereocenters. The first-order chi connectivity index (χ1) is 13.9. The van der Waals surface area contributed by atoms with Crippen molar-refractivity contribution in [2.24, 2.45) is 11.8 Å². The number of hydrogen-bond acceptors (Lipinski definition) is 3. The van der Waals surface area contributed by atoms with Crippen molar-refractivity contribution in [2.75, 3.05) is 33.7 Å². The number of nitrogens with zero attached hydrogens (tertiary/aromatic N) is 4. The zero-order valence-electron chi connectivity index (χ0n) is 16.9. The van der Waals surface area contributed by atoms with Gasteiger partial charge >= 0.3 is 6.03 Å². The van der Waals surface area contributed by atoms with Crippen LogP contribution in [0.3, 0.4) is 0 Å². The van der Waals surface area contributed by atoms with Crippen LogP contribution in [0.1, 0.15) is 27.5 Å². The van der Waals surface area contributed by atoms with Gasteiger partial charge in [0.2, 0.25) is 0 Å². The largest absolute Gasteiger partial charge is 0.338 e. The Morgan fingerprint density at radius 3 is 2.59 bits per heavy atom. The summed E-state index contributed by atoms with van der Waals surface area (Å²) in [6, 6.07) is 9.23. The average Bonchev–Trinajstić information content (AvgIpc) is 3.25. The van der Waals surface area contributed by atoms with Gasteiger partial charge in [0, 0.05) is 51.8 Å². The van der Waals surface area contributed by atoms with E-state index in [1.165, 1.54) is 12.3 Å². The molecule has 4 rings (SSSR count). The molecule has 0 radical (unpaired) electrons. The smallest absolute Gasteiger partial charge is 0.320 e. The van der Waals surface area contributed by atoms with Crippen LogP contribution in [0.25, 0.3) is 0 Å². The van der Waals surface area contributed by atoms with Gasteiger partial charge in [-0.2, -0.15) is 0 Å². The van der Waals surface area contributed by atoms with Crippen LogP contribution in [-0.4, -0.2) is 65.4 Å². The molecule has 2 aromatic rings. The van der Waals surface area contributed by atoms with Crippen molar-refractivity contribution in [3.8, 4) is 0 Å². The first kappa shape index (κ1) is 19.4. The molecule has 2 aliphatic heterocycles. The van der Waals surface area contributed by atoms with E-state index in [1.54, 1.807) is 23.9 Å². The number of pyridine rings is 1. The van der Waals surface area contributed by atoms with E-state index >= 15 is 0 Å². The number of urea groups is 1. The van der Waals surface area contributed by atoms with Crippen LogP contribution < -0.4 is 0 Å². The zero-order chi connectivity index (χ0) is 20.7. The molecule has 0 unspecified atom stereocenters. The van der Waals surface area contributed by atoms with E-state index in [-0.39, 0.29) is 35.4 Å². The van der Waals surface area contributed by atoms with Crippen LogP contribution >= 0.6 is 0 Å². The summed E-state index contributed by atoms with van der Waals surface area (Å²) in [4.78, 5) is 34.9. The van der Waals surface area contributed by atoms with Crippen molar-refractivity contribution in [1.29, 1.82) is 0 Å². The highest BCUT2D eigenvalue weighted by molar-refractivity contribution is 5.94. The summed E-state index contributed by atoms with van der Waals surface area (Å²) >= 11 is 0. The van der Waals surface area contributed by atoms with E-state index in [2.05, 4.69) is 24.0 Å². The Balaban J connectivity index is 1.63. The van der Waals surface area contributed by atoms with Gasteiger partial charge in [0.25, 0.3) is 5.91 Å². The summed E-state index contributed by atoms with van der Waals surface area (Å²) in [7, 11) is 3.52. The van der Waals surface area contributed by atoms with E-state index < -0.39 is 5.82 Å². The topological polar surface area (TPSA) is 56.8 Å². The second-order valence-corrected chi connectivity index (χ2v) is 8.16. The number of amides is 3. The third-order valence-electron chi connectivity index (χ3n) is 6.04. The van der Waals surface area contributed by atoms with Crippen molar-refractivity contribution in [2.45, 2.75) is 13.0 Å². The SMILES string of the molecule is Cc1ccccc1[C@H]1[C@@H]2CN(C(=O)c3cncc(F)c3)C[C@@H]2CN1C(=O)N(C)C. The summed E-state index contributed by atoms with van der Waals surface area (Å²) in [6.07, 6.45) is 2.49. The van der Waals surface area contributed by atoms with Crippen LogP contribution in [0.5, 0.6) is 0 Å². The van der Waals surface area contributed by atoms with Crippen molar-refractivity contribution in [1.82, 2.24) is 19.7 Å². The predicted molar refractivity (Wildman–Crippen MR) is 107 cm³/mol. The molecule has 3 amide bonds. The fraction of sp³-hybridized carbons (Fsp3) is 0.409. The first-order valence-electron chi connectivity index (χ1n) is 9.80. The standard InChI is InChI=1S/C22H25FN4O2/c1-14-6-4-5-7-18(14)20-19-13-26(21(28)15-8-17(23)10-24-9-15)11-16(19)12-27(20)22(29)25(2)3/h4-10,16,19-20H,11-13H2,1-3H3/t16-,19-,20+/m1/s1. The maximum absolute atomic E-state index is 13.5. The summed E-state index contributed by atoms with van der Waals surface area (Å²) < 4.78 is 13.5. The molecular formula is C22H25FN4O2. The fourth-order valence-electron chi connectivity index (χ4n) is 4.69. The number of carbonyl (C=O) groups is 2. The van der Waals surface area contributed by atoms with Gasteiger partial charge < -0.3 is 14.7 Å². The maximum atomic E-state index is 13.5. The molecule has 2 saturated heterocycles. The molecule has 0 aliphatic carbocycles. The van der Waals surface area contributed by atoms with Crippen LogP contribution in [0.4, 0.5) is 9.18 Å². The number of aryl methyl sites for hydroxylation is 1. The molecule has 0 bridgehead atoms. The summed E-state index contributed by atoms with van der Waals surface area (Å²) in [5.41, 5.74) is 2.52. The lowest BCUT2D eigenvalue weighted by Crippen LogP contribution is -2.42. The molecule has 7 heteroatoms. The van der Waals surface area contributed by atoms with Crippen LogP contribution in [0, 0.1) is 24.6 Å². The van der Waals surface area contributed by atoms with E-state index in [9.17, 15) is 14.0 Å². The summed E-state index contributed by atoms with van der Waals surface area (Å²) in [5, 5.41) is 0. The number of carbonyl (C=O) groups excluding carboxylic acids is 2. The predicted octanol–water partition coefficient (Wildman–Crippen LogP) is 2.96. The molecule has 2 aliphatic rings. The molecule has 0 spiro atoms. The Kier molecular flexibility index (Phi) is 4.98. The zero-order valence-corrected chi connectivity index (χ0v) is 16.9. The van der Waals surface area contributed by atoms with E-state index in [4.69, 9.17) is 0 Å². The molecular weight excluding hydrogens is 371 g/mol. The van der Waals surface area contributed by atoms with Crippen molar-refractivity contribution in [3.05, 3.63) is 65.2 Å². The molecule has 3 heterocycles. The molecule has 0 saturated carbocycles. The number of hydrogen-bond donors (Lipinski definition) is 0. The van der Waals surface area contributed by atoms with Crippen molar-refractivity contribution in [3.63, 3.8) is 0 Å². The second-order valence-electron chi connectivity index (χ2n) is 8.16. The van der Waals surface area contributed by atoms with Gasteiger partial charge in [0.05, 0.1) is 17.8 Å². The Morgan fingerprint density at radius 2 is 1.90 bits per heavy atom. The number of halogens is 1. The minimum absolute atomic E-state index is 0.0140. The van der Waals surface area contributed by atoms with Gasteiger partial charge in [-0.25, -0.2) is 9.18 Å². The highest BCUT2D eigenvalue weighted by atomic mass is 19.1. The number of likely N-dealkylation sites (tertiary alicyclic amines) is 2. The Labute approximate surface area is 169 Å². The maximum Gasteiger partial charge on any atom is 0.320 e. The van der Waals surface area contributed by atoms with Crippen molar-refractivity contribution >= 4 is 11.9 Å². The molecule has 1 aromatic carbocycles. The highest BCUT2D eigenvalue weighted by Crippen LogP contribution is 2.46. The molecule has 0 N–H and O–H groups in total. The lowest BCUT2D eigenvalue weighted by Gasteiger charge is -2.32. The fourth-order valence-corrected chi connectivity index (χ4v) is 4.69. The van der Waals surface area contributed by atoms with Gasteiger partial charge in [-0.3, -0.25) is 9.78 Å². The van der Waals surface area contributed by atoms with Gasteiger partial charge in [-0.05, 0) is 24.1 Å². The normalized spacial score (nSPS) is 23.2. The molecule has 2 fully saturated rings. The van der Waals surface area contributed by atoms with Crippen LogP contribution in [0.2, 0.25) is 0 Å². The van der Waals surface area contributed by atoms with Gasteiger partial charge in [-0.15, -0.1) is 0 Å². The lowest BCUT2D eigenvalue weighted by atomic mass is 9.88. The summed E-state index contributed by atoms with van der Waals surface area (Å²) in [6.45, 7) is 3.75. The highest BCUT2D eigenvalue weighted by Gasteiger charge is 2.50. The van der Waals surface area contributed by atoms with Crippen molar-refractivity contribution < 1.29 is 14.0 Å². The Morgan fingerprint density at radius 1 is 1.14 bits per heavy atom. The number of benzene rings is 1. The van der Waals surface area contributed by atoms with Crippen LogP contribution in [-0.2, 0) is 0 Å². The third kappa shape index (κ3) is 3.45. The quantitative estimate of drug-likeness (QED) is 0.784. The lowest BCUT2D eigenvalue weighted by molar-refractivity contribution is 0.0765. The van der Waals surface area contributed by atoms with Gasteiger partial charge in [0.15, 0.2) is 0 Å². The number of aromatic nitrogens is 1. The van der Waals surface area contributed by atoms with Crippen LogP contribution in [0.15, 0.2) is 42.7 Å². The Hall–Kier alpha value is -2.96. The molecule has 152 valence electrons.